The normalized spacial score (nSPS) is 12.3. The third kappa shape index (κ3) is 2.85. The van der Waals surface area contributed by atoms with Gasteiger partial charge in [0.05, 0.1) is 0 Å². The minimum Gasteiger partial charge on any atom is -0.454 e. The minimum atomic E-state index is -0.765. The predicted molar refractivity (Wildman–Crippen MR) is 88.7 cm³/mol. The second kappa shape index (κ2) is 6.14. The summed E-state index contributed by atoms with van der Waals surface area (Å²) in [5.41, 5.74) is 1.21. The quantitative estimate of drug-likeness (QED) is 0.780. The van der Waals surface area contributed by atoms with Gasteiger partial charge in [0.25, 0.3) is 5.91 Å². The van der Waals surface area contributed by atoms with Crippen LogP contribution in [0.3, 0.4) is 0 Å². The summed E-state index contributed by atoms with van der Waals surface area (Å²) in [6.07, 6.45) is 0. The fourth-order valence-electron chi connectivity index (χ4n) is 2.65. The van der Waals surface area contributed by atoms with Crippen LogP contribution in [0.1, 0.15) is 16.2 Å². The smallest absolute Gasteiger partial charge is 0.276 e. The summed E-state index contributed by atoms with van der Waals surface area (Å²) in [7, 11) is 0. The minimum absolute atomic E-state index is 0.0611. The highest BCUT2D eigenvalue weighted by molar-refractivity contribution is 6.03. The van der Waals surface area contributed by atoms with Gasteiger partial charge in [-0.15, -0.1) is 0 Å². The van der Waals surface area contributed by atoms with Crippen molar-refractivity contribution in [3.8, 4) is 17.2 Å². The molecule has 0 fully saturated rings. The number of carbonyl (C=O) groups is 1. The van der Waals surface area contributed by atoms with E-state index in [0.29, 0.717) is 22.9 Å². The maximum atomic E-state index is 14.0. The molecule has 0 unspecified atom stereocenters. The van der Waals surface area contributed by atoms with Crippen molar-refractivity contribution in [2.45, 2.75) is 6.92 Å². The van der Waals surface area contributed by atoms with E-state index in [1.165, 1.54) is 16.8 Å². The fourth-order valence-corrected chi connectivity index (χ4v) is 2.65. The number of halogens is 2. The molecule has 132 valence electrons. The van der Waals surface area contributed by atoms with E-state index in [1.54, 1.807) is 25.1 Å². The molecule has 26 heavy (non-hydrogen) atoms. The van der Waals surface area contributed by atoms with Gasteiger partial charge in [-0.1, -0.05) is 0 Å². The van der Waals surface area contributed by atoms with Gasteiger partial charge in [-0.3, -0.25) is 4.79 Å². The highest BCUT2D eigenvalue weighted by atomic mass is 19.1. The van der Waals surface area contributed by atoms with E-state index in [1.807, 2.05) is 0 Å². The maximum absolute atomic E-state index is 14.0. The van der Waals surface area contributed by atoms with Crippen molar-refractivity contribution in [3.63, 3.8) is 0 Å². The molecule has 1 aromatic heterocycles. The lowest BCUT2D eigenvalue weighted by molar-refractivity contribution is 0.102. The Hall–Kier alpha value is -3.42. The first-order valence-corrected chi connectivity index (χ1v) is 7.74. The number of hydrogen-bond donors (Lipinski definition) is 1. The molecule has 8 heteroatoms. The van der Waals surface area contributed by atoms with Crippen LogP contribution in [0.2, 0.25) is 0 Å². The number of rotatable bonds is 3. The number of nitrogens with one attached hydrogen (secondary N) is 1. The molecule has 0 aliphatic carbocycles. The molecule has 1 amide bonds. The van der Waals surface area contributed by atoms with Crippen LogP contribution < -0.4 is 14.8 Å². The second-order valence-electron chi connectivity index (χ2n) is 5.70. The number of aryl methyl sites for hydroxylation is 1. The molecule has 0 spiro atoms. The zero-order chi connectivity index (χ0) is 18.3. The summed E-state index contributed by atoms with van der Waals surface area (Å²) in [5.74, 6) is -0.767. The first kappa shape index (κ1) is 16.1. The molecule has 3 aromatic rings. The van der Waals surface area contributed by atoms with E-state index >= 15 is 0 Å². The number of fused-ring (bicyclic) bond motifs is 1. The van der Waals surface area contributed by atoms with Crippen molar-refractivity contribution in [2.24, 2.45) is 0 Å². The molecule has 0 radical (unpaired) electrons. The summed E-state index contributed by atoms with van der Waals surface area (Å²) in [6, 6.07) is 9.69. The molecule has 0 saturated heterocycles. The number of amides is 1. The number of nitrogens with zero attached hydrogens (tertiary/aromatic N) is 2. The van der Waals surface area contributed by atoms with Gasteiger partial charge in [-0.25, -0.2) is 13.5 Å². The molecule has 0 bridgehead atoms. The number of anilines is 1. The molecule has 2 aromatic carbocycles. The number of aromatic nitrogens is 2. The molecule has 6 nitrogen and oxygen atoms in total. The lowest BCUT2D eigenvalue weighted by Gasteiger charge is -2.06. The fraction of sp³-hybridized carbons (Fsp3) is 0.111. The summed E-state index contributed by atoms with van der Waals surface area (Å²) in [6.45, 7) is 1.81. The molecule has 1 N–H and O–H groups in total. The summed E-state index contributed by atoms with van der Waals surface area (Å²) in [5, 5.41) is 6.82. The first-order chi connectivity index (χ1) is 12.5. The third-order valence-corrected chi connectivity index (χ3v) is 3.89. The van der Waals surface area contributed by atoms with Gasteiger partial charge >= 0.3 is 0 Å². The number of ether oxygens (including phenoxy) is 2. The molecular weight excluding hydrogens is 344 g/mol. The van der Waals surface area contributed by atoms with Gasteiger partial charge in [0.15, 0.2) is 23.0 Å². The van der Waals surface area contributed by atoms with Crippen LogP contribution in [-0.4, -0.2) is 22.5 Å². The first-order valence-electron chi connectivity index (χ1n) is 7.74. The van der Waals surface area contributed by atoms with Gasteiger partial charge < -0.3 is 14.8 Å². The van der Waals surface area contributed by atoms with Crippen molar-refractivity contribution in [2.75, 3.05) is 12.1 Å². The van der Waals surface area contributed by atoms with Crippen molar-refractivity contribution in [3.05, 3.63) is 65.5 Å². The Morgan fingerprint density at radius 1 is 1.12 bits per heavy atom. The second-order valence-corrected chi connectivity index (χ2v) is 5.70. The topological polar surface area (TPSA) is 65.4 Å². The Morgan fingerprint density at radius 3 is 2.73 bits per heavy atom. The summed E-state index contributed by atoms with van der Waals surface area (Å²) in [4.78, 5) is 12.4. The van der Waals surface area contributed by atoms with E-state index in [2.05, 4.69) is 10.4 Å². The predicted octanol–water partition coefficient (Wildman–Crippen LogP) is 3.44. The van der Waals surface area contributed by atoms with Crippen molar-refractivity contribution < 1.29 is 23.0 Å². The van der Waals surface area contributed by atoms with Crippen LogP contribution in [0, 0.1) is 18.6 Å². The van der Waals surface area contributed by atoms with Gasteiger partial charge in [0, 0.05) is 23.5 Å². The Kier molecular flexibility index (Phi) is 3.80. The molecule has 1 aliphatic rings. The Balaban J connectivity index is 1.59. The average Bonchev–Trinajstić information content (AvgIpc) is 3.21. The highest BCUT2D eigenvalue weighted by Crippen LogP contribution is 2.34. The Labute approximate surface area is 147 Å². The number of hydrogen-bond acceptors (Lipinski definition) is 4. The van der Waals surface area contributed by atoms with E-state index in [0.717, 1.165) is 12.1 Å². The Morgan fingerprint density at radius 2 is 1.92 bits per heavy atom. The Bertz CT molecular complexity index is 1020. The van der Waals surface area contributed by atoms with Crippen molar-refractivity contribution >= 4 is 11.6 Å². The van der Waals surface area contributed by atoms with Gasteiger partial charge in [0.2, 0.25) is 6.79 Å². The average molecular weight is 357 g/mol. The standard InChI is InChI=1S/C18H13F2N3O3/c1-10-6-14(22-23(10)15-4-2-11(19)7-13(15)20)18(24)21-12-3-5-16-17(8-12)26-9-25-16/h2-8H,9H2,1H3,(H,21,24). The van der Waals surface area contributed by atoms with Crippen molar-refractivity contribution in [1.29, 1.82) is 0 Å². The maximum Gasteiger partial charge on any atom is 0.276 e. The van der Waals surface area contributed by atoms with Crippen LogP contribution >= 0.6 is 0 Å². The van der Waals surface area contributed by atoms with E-state index in [-0.39, 0.29) is 18.2 Å². The summed E-state index contributed by atoms with van der Waals surface area (Å²) < 4.78 is 38.8. The molecule has 1 aliphatic heterocycles. The zero-order valence-corrected chi connectivity index (χ0v) is 13.6. The van der Waals surface area contributed by atoms with Crippen LogP contribution in [0.25, 0.3) is 5.69 Å². The van der Waals surface area contributed by atoms with Gasteiger partial charge in [0.1, 0.15) is 11.5 Å². The largest absolute Gasteiger partial charge is 0.454 e. The molecular formula is C18H13F2N3O3. The third-order valence-electron chi connectivity index (χ3n) is 3.89. The lowest BCUT2D eigenvalue weighted by atomic mass is 10.2. The van der Waals surface area contributed by atoms with E-state index in [9.17, 15) is 13.6 Å². The number of benzene rings is 2. The zero-order valence-electron chi connectivity index (χ0n) is 13.6. The molecule has 4 rings (SSSR count). The molecule has 0 atom stereocenters. The SMILES string of the molecule is Cc1cc(C(=O)Nc2ccc3c(c2)OCO3)nn1-c1ccc(F)cc1F. The van der Waals surface area contributed by atoms with Gasteiger partial charge in [-0.05, 0) is 37.3 Å². The van der Waals surface area contributed by atoms with Crippen LogP contribution in [0.4, 0.5) is 14.5 Å². The van der Waals surface area contributed by atoms with Crippen molar-refractivity contribution in [1.82, 2.24) is 9.78 Å². The van der Waals surface area contributed by atoms with Crippen LogP contribution in [0.15, 0.2) is 42.5 Å². The monoisotopic (exact) mass is 357 g/mol. The van der Waals surface area contributed by atoms with Crippen LogP contribution in [0.5, 0.6) is 11.5 Å². The van der Waals surface area contributed by atoms with E-state index in [4.69, 9.17) is 9.47 Å². The lowest BCUT2D eigenvalue weighted by Crippen LogP contribution is -2.13. The van der Waals surface area contributed by atoms with E-state index < -0.39 is 17.5 Å². The molecule has 0 saturated carbocycles. The van der Waals surface area contributed by atoms with Crippen LogP contribution in [-0.2, 0) is 0 Å². The molecule has 2 heterocycles. The van der Waals surface area contributed by atoms with Gasteiger partial charge in [-0.2, -0.15) is 5.10 Å². The summed E-state index contributed by atoms with van der Waals surface area (Å²) >= 11 is 0. The number of carbonyl (C=O) groups excluding carboxylic acids is 1. The highest BCUT2D eigenvalue weighted by Gasteiger charge is 2.18.